The molecule has 1 aliphatic rings. The molecule has 0 radical (unpaired) electrons. The number of hydrogen-bond acceptors (Lipinski definition) is 6. The van der Waals surface area contributed by atoms with Crippen LogP contribution in [0, 0.1) is 0 Å². The van der Waals surface area contributed by atoms with Crippen LogP contribution in [0.3, 0.4) is 0 Å². The highest BCUT2D eigenvalue weighted by atomic mass is 16.5. The van der Waals surface area contributed by atoms with Crippen LogP contribution in [0.25, 0.3) is 0 Å². The van der Waals surface area contributed by atoms with Gasteiger partial charge in [-0.2, -0.15) is 0 Å². The molecule has 1 aromatic heterocycles. The number of rotatable bonds is 9. The van der Waals surface area contributed by atoms with Gasteiger partial charge in [0.05, 0.1) is 32.2 Å². The van der Waals surface area contributed by atoms with Crippen LogP contribution in [-0.2, 0) is 11.2 Å². The first-order valence-electron chi connectivity index (χ1n) is 9.66. The summed E-state index contributed by atoms with van der Waals surface area (Å²) in [6.45, 7) is 5.91. The number of benzene rings is 1. The lowest BCUT2D eigenvalue weighted by atomic mass is 10.1. The largest absolute Gasteiger partial charge is 0.496 e. The van der Waals surface area contributed by atoms with Gasteiger partial charge in [0.1, 0.15) is 11.4 Å². The van der Waals surface area contributed by atoms with Gasteiger partial charge in [-0.15, -0.1) is 0 Å². The predicted molar refractivity (Wildman–Crippen MR) is 109 cm³/mol. The van der Waals surface area contributed by atoms with Crippen LogP contribution in [0.2, 0.25) is 0 Å². The molecule has 2 N–H and O–H groups in total. The molecule has 0 saturated carbocycles. The van der Waals surface area contributed by atoms with Crippen molar-refractivity contribution in [2.24, 2.45) is 0 Å². The number of carbonyl (C=O) groups is 1. The van der Waals surface area contributed by atoms with Gasteiger partial charge < -0.3 is 20.1 Å². The molecule has 0 spiro atoms. The highest BCUT2D eigenvalue weighted by Crippen LogP contribution is 2.17. The second-order valence-corrected chi connectivity index (χ2v) is 6.63. The van der Waals surface area contributed by atoms with E-state index in [1.165, 1.54) is 0 Å². The van der Waals surface area contributed by atoms with Gasteiger partial charge in [-0.25, -0.2) is 4.98 Å². The van der Waals surface area contributed by atoms with Gasteiger partial charge in [0, 0.05) is 32.7 Å². The van der Waals surface area contributed by atoms with E-state index in [0.717, 1.165) is 56.4 Å². The van der Waals surface area contributed by atoms with E-state index in [-0.39, 0.29) is 5.91 Å². The third-order valence-corrected chi connectivity index (χ3v) is 4.73. The highest BCUT2D eigenvalue weighted by molar-refractivity contribution is 5.92. The van der Waals surface area contributed by atoms with Crippen LogP contribution < -0.4 is 15.4 Å². The molecule has 1 aromatic carbocycles. The van der Waals surface area contributed by atoms with Gasteiger partial charge in [0.25, 0.3) is 5.91 Å². The molecule has 0 atom stereocenters. The summed E-state index contributed by atoms with van der Waals surface area (Å²) in [6, 6.07) is 11.5. The first-order chi connectivity index (χ1) is 13.8. The Labute approximate surface area is 166 Å². The van der Waals surface area contributed by atoms with Gasteiger partial charge in [-0.05, 0) is 30.2 Å². The molecule has 7 heteroatoms. The number of carbonyl (C=O) groups excluding carboxylic acids is 1. The Hall–Kier alpha value is -2.64. The van der Waals surface area contributed by atoms with Crippen molar-refractivity contribution in [1.29, 1.82) is 0 Å². The zero-order valence-corrected chi connectivity index (χ0v) is 16.3. The smallest absolute Gasteiger partial charge is 0.269 e. The summed E-state index contributed by atoms with van der Waals surface area (Å²) in [7, 11) is 1.65. The van der Waals surface area contributed by atoms with Crippen LogP contribution in [0.1, 0.15) is 16.1 Å². The van der Waals surface area contributed by atoms with Gasteiger partial charge in [-0.1, -0.05) is 18.2 Å². The summed E-state index contributed by atoms with van der Waals surface area (Å²) in [5.41, 5.74) is 2.40. The molecule has 1 saturated heterocycles. The molecule has 2 aromatic rings. The standard InChI is InChI=1S/C21H28N4O3/c1-27-20-5-3-2-4-17(20)8-9-23-21(26)19-7-6-18(16-24-19)22-10-11-25-12-14-28-15-13-25/h2-7,16,22H,8-15H2,1H3,(H,23,26). The van der Waals surface area contributed by atoms with Crippen LogP contribution in [0.15, 0.2) is 42.6 Å². The van der Waals surface area contributed by atoms with E-state index in [1.54, 1.807) is 19.4 Å². The van der Waals surface area contributed by atoms with E-state index >= 15 is 0 Å². The Kier molecular flexibility index (Phi) is 7.63. The molecule has 1 fully saturated rings. The van der Waals surface area contributed by atoms with E-state index in [2.05, 4.69) is 20.5 Å². The Balaban J connectivity index is 1.40. The number of para-hydroxylation sites is 1. The van der Waals surface area contributed by atoms with Crippen LogP contribution in [0.5, 0.6) is 5.75 Å². The average Bonchev–Trinajstić information content (AvgIpc) is 2.75. The summed E-state index contributed by atoms with van der Waals surface area (Å²) >= 11 is 0. The lowest BCUT2D eigenvalue weighted by Crippen LogP contribution is -2.39. The Morgan fingerprint density at radius 3 is 2.75 bits per heavy atom. The quantitative estimate of drug-likeness (QED) is 0.687. The summed E-state index contributed by atoms with van der Waals surface area (Å²) in [6.07, 6.45) is 2.41. The Morgan fingerprint density at radius 1 is 1.18 bits per heavy atom. The molecule has 0 bridgehead atoms. The van der Waals surface area contributed by atoms with Crippen molar-refractivity contribution in [3.63, 3.8) is 0 Å². The maximum Gasteiger partial charge on any atom is 0.269 e. The summed E-state index contributed by atoms with van der Waals surface area (Å²) < 4.78 is 10.7. The molecule has 150 valence electrons. The van der Waals surface area contributed by atoms with Crippen molar-refractivity contribution in [3.8, 4) is 5.75 Å². The van der Waals surface area contributed by atoms with E-state index in [4.69, 9.17) is 9.47 Å². The maximum absolute atomic E-state index is 12.3. The predicted octanol–water partition coefficient (Wildman–Crippen LogP) is 1.81. The summed E-state index contributed by atoms with van der Waals surface area (Å²) in [4.78, 5) is 18.9. The molecular formula is C21H28N4O3. The molecule has 2 heterocycles. The fourth-order valence-electron chi connectivity index (χ4n) is 3.13. The van der Waals surface area contributed by atoms with E-state index < -0.39 is 0 Å². The monoisotopic (exact) mass is 384 g/mol. The summed E-state index contributed by atoms with van der Waals surface area (Å²) in [5.74, 6) is 0.664. The molecule has 1 amide bonds. The first-order valence-corrected chi connectivity index (χ1v) is 9.66. The third-order valence-electron chi connectivity index (χ3n) is 4.73. The van der Waals surface area contributed by atoms with Crippen molar-refractivity contribution in [3.05, 3.63) is 53.9 Å². The zero-order chi connectivity index (χ0) is 19.6. The lowest BCUT2D eigenvalue weighted by Gasteiger charge is -2.26. The minimum atomic E-state index is -0.172. The average molecular weight is 384 g/mol. The zero-order valence-electron chi connectivity index (χ0n) is 16.3. The van der Waals surface area contributed by atoms with Crippen molar-refractivity contribution >= 4 is 11.6 Å². The highest BCUT2D eigenvalue weighted by Gasteiger charge is 2.10. The number of nitrogens with one attached hydrogen (secondary N) is 2. The van der Waals surface area contributed by atoms with E-state index in [0.29, 0.717) is 18.7 Å². The second kappa shape index (κ2) is 10.6. The van der Waals surface area contributed by atoms with E-state index in [9.17, 15) is 4.79 Å². The third kappa shape index (κ3) is 5.94. The number of amides is 1. The van der Waals surface area contributed by atoms with E-state index in [1.807, 2.05) is 30.3 Å². The van der Waals surface area contributed by atoms with Crippen molar-refractivity contribution < 1.29 is 14.3 Å². The Bertz CT molecular complexity index is 746. The molecular weight excluding hydrogens is 356 g/mol. The van der Waals surface area contributed by atoms with Gasteiger partial charge in [0.15, 0.2) is 0 Å². The van der Waals surface area contributed by atoms with Crippen LogP contribution >= 0.6 is 0 Å². The topological polar surface area (TPSA) is 75.7 Å². The molecule has 28 heavy (non-hydrogen) atoms. The van der Waals surface area contributed by atoms with Gasteiger partial charge >= 0.3 is 0 Å². The number of hydrogen-bond donors (Lipinski definition) is 2. The minimum Gasteiger partial charge on any atom is -0.496 e. The van der Waals surface area contributed by atoms with Crippen molar-refractivity contribution in [1.82, 2.24) is 15.2 Å². The fourth-order valence-corrected chi connectivity index (χ4v) is 3.13. The minimum absolute atomic E-state index is 0.172. The van der Waals surface area contributed by atoms with Gasteiger partial charge in [0.2, 0.25) is 0 Å². The SMILES string of the molecule is COc1ccccc1CCNC(=O)c1ccc(NCCN2CCOCC2)cn1. The first kappa shape index (κ1) is 20.1. The van der Waals surface area contributed by atoms with Crippen LogP contribution in [-0.4, -0.2) is 68.8 Å². The number of pyridine rings is 1. The second-order valence-electron chi connectivity index (χ2n) is 6.63. The van der Waals surface area contributed by atoms with Gasteiger partial charge in [-0.3, -0.25) is 9.69 Å². The summed E-state index contributed by atoms with van der Waals surface area (Å²) in [5, 5.41) is 6.25. The molecule has 0 unspecified atom stereocenters. The number of morpholine rings is 1. The van der Waals surface area contributed by atoms with Crippen LogP contribution in [0.4, 0.5) is 5.69 Å². The molecule has 7 nitrogen and oxygen atoms in total. The number of ether oxygens (including phenoxy) is 2. The number of aromatic nitrogens is 1. The molecule has 3 rings (SSSR count). The Morgan fingerprint density at radius 2 is 2.00 bits per heavy atom. The maximum atomic E-state index is 12.3. The number of nitrogens with zero attached hydrogens (tertiary/aromatic N) is 2. The molecule has 1 aliphatic heterocycles. The lowest BCUT2D eigenvalue weighted by molar-refractivity contribution is 0.0398. The fraction of sp³-hybridized carbons (Fsp3) is 0.429. The van der Waals surface area contributed by atoms with Crippen molar-refractivity contribution in [2.75, 3.05) is 58.4 Å². The normalized spacial score (nSPS) is 14.5. The van der Waals surface area contributed by atoms with Crippen molar-refractivity contribution in [2.45, 2.75) is 6.42 Å². The number of anilines is 1. The number of methoxy groups -OCH3 is 1. The molecule has 0 aliphatic carbocycles.